The maximum Gasteiger partial charge on any atom is 0.0920 e. The highest BCUT2D eigenvalue weighted by Gasteiger charge is 2.30. The van der Waals surface area contributed by atoms with Crippen molar-refractivity contribution in [3.8, 4) is 0 Å². The van der Waals surface area contributed by atoms with E-state index in [-0.39, 0.29) is 5.92 Å². The van der Waals surface area contributed by atoms with Gasteiger partial charge in [-0.05, 0) is 20.8 Å². The Kier molecular flexibility index (Phi) is 3.68. The summed E-state index contributed by atoms with van der Waals surface area (Å²) in [5, 5.41) is 19.1. The summed E-state index contributed by atoms with van der Waals surface area (Å²) in [6.45, 7) is 12.2. The van der Waals surface area contributed by atoms with E-state index >= 15 is 0 Å². The molecule has 0 saturated heterocycles. The first kappa shape index (κ1) is 11.4. The van der Waals surface area contributed by atoms with Crippen LogP contribution in [0.3, 0.4) is 0 Å². The van der Waals surface area contributed by atoms with Crippen LogP contribution in [-0.4, -0.2) is 21.9 Å². The molecule has 0 heterocycles. The van der Waals surface area contributed by atoms with Crippen LogP contribution in [0.1, 0.15) is 20.8 Å². The van der Waals surface area contributed by atoms with E-state index in [9.17, 15) is 10.2 Å². The highest BCUT2D eigenvalue weighted by Crippen LogP contribution is 2.23. The Morgan fingerprint density at radius 2 is 1.92 bits per heavy atom. The van der Waals surface area contributed by atoms with Gasteiger partial charge in [-0.25, -0.2) is 0 Å². The minimum Gasteiger partial charge on any atom is -0.389 e. The van der Waals surface area contributed by atoms with Crippen molar-refractivity contribution in [2.75, 3.05) is 0 Å². The van der Waals surface area contributed by atoms with Crippen molar-refractivity contribution in [3.63, 3.8) is 0 Å². The van der Waals surface area contributed by atoms with Crippen molar-refractivity contribution >= 4 is 0 Å². The van der Waals surface area contributed by atoms with Crippen LogP contribution in [0.25, 0.3) is 0 Å². The van der Waals surface area contributed by atoms with E-state index in [1.54, 1.807) is 26.8 Å². The fourth-order valence-corrected chi connectivity index (χ4v) is 1.04. The summed E-state index contributed by atoms with van der Waals surface area (Å²) >= 11 is 0. The summed E-state index contributed by atoms with van der Waals surface area (Å²) in [7, 11) is 0. The van der Waals surface area contributed by atoms with E-state index in [4.69, 9.17) is 0 Å². The van der Waals surface area contributed by atoms with E-state index in [1.165, 1.54) is 0 Å². The van der Waals surface area contributed by atoms with Gasteiger partial charge in [-0.2, -0.15) is 0 Å². The molecule has 0 bridgehead atoms. The fourth-order valence-electron chi connectivity index (χ4n) is 1.04. The number of hydrogen-bond acceptors (Lipinski definition) is 2. The minimum atomic E-state index is -1.11. The average molecular weight is 170 g/mol. The van der Waals surface area contributed by atoms with Crippen molar-refractivity contribution in [2.24, 2.45) is 5.92 Å². The molecule has 0 unspecified atom stereocenters. The van der Waals surface area contributed by atoms with Gasteiger partial charge in [0.1, 0.15) is 0 Å². The molecule has 2 heteroatoms. The fraction of sp³-hybridized carbons (Fsp3) is 0.600. The van der Waals surface area contributed by atoms with Gasteiger partial charge in [-0.3, -0.25) is 0 Å². The Balaban J connectivity index is 4.53. The second-order valence-corrected chi connectivity index (χ2v) is 3.71. The van der Waals surface area contributed by atoms with Crippen LogP contribution in [0.4, 0.5) is 0 Å². The van der Waals surface area contributed by atoms with Crippen LogP contribution >= 0.6 is 0 Å². The normalized spacial score (nSPS) is 16.8. The molecule has 70 valence electrons. The Morgan fingerprint density at radius 3 is 2.00 bits per heavy atom. The summed E-state index contributed by atoms with van der Waals surface area (Å²) in [5.41, 5.74) is -0.308. The molecule has 0 aromatic heterocycles. The maximum absolute atomic E-state index is 9.63. The van der Waals surface area contributed by atoms with Crippen molar-refractivity contribution in [1.82, 2.24) is 0 Å². The first-order valence-corrected chi connectivity index (χ1v) is 3.99. The van der Waals surface area contributed by atoms with E-state index < -0.39 is 11.7 Å². The Morgan fingerprint density at radius 1 is 1.50 bits per heavy atom. The molecule has 0 fully saturated rings. The first-order valence-electron chi connectivity index (χ1n) is 3.99. The predicted octanol–water partition coefficient (Wildman–Crippen LogP) is 1.50. The van der Waals surface area contributed by atoms with Gasteiger partial charge in [-0.1, -0.05) is 18.2 Å². The van der Waals surface area contributed by atoms with Crippen molar-refractivity contribution in [2.45, 2.75) is 32.5 Å². The van der Waals surface area contributed by atoms with E-state index in [2.05, 4.69) is 13.2 Å². The molecular weight excluding hydrogens is 152 g/mol. The second-order valence-electron chi connectivity index (χ2n) is 3.71. The van der Waals surface area contributed by atoms with Gasteiger partial charge in [0.2, 0.25) is 0 Å². The molecule has 0 aliphatic heterocycles. The van der Waals surface area contributed by atoms with Crippen LogP contribution in [0.5, 0.6) is 0 Å². The number of aliphatic hydroxyl groups excluding tert-OH is 1. The zero-order valence-electron chi connectivity index (χ0n) is 8.04. The van der Waals surface area contributed by atoms with Crippen LogP contribution in [0.2, 0.25) is 0 Å². The SMILES string of the molecule is C=C[C@@H](C(=C)C)[C@H](O)C(C)(C)O. The minimum absolute atomic E-state index is 0.245. The molecule has 0 aliphatic rings. The maximum atomic E-state index is 9.63. The van der Waals surface area contributed by atoms with Crippen LogP contribution in [0.15, 0.2) is 24.8 Å². The lowest BCUT2D eigenvalue weighted by Gasteiger charge is -2.30. The molecule has 2 atom stereocenters. The topological polar surface area (TPSA) is 40.5 Å². The van der Waals surface area contributed by atoms with Crippen molar-refractivity contribution in [3.05, 3.63) is 24.8 Å². The zero-order valence-corrected chi connectivity index (χ0v) is 8.04. The van der Waals surface area contributed by atoms with E-state index in [1.807, 2.05) is 0 Å². The standard InChI is InChI=1S/C10H18O2/c1-6-8(7(2)3)9(11)10(4,5)12/h6,8-9,11-12H,1-2H2,3-5H3/t8-,9-/m0/s1. The summed E-state index contributed by atoms with van der Waals surface area (Å²) < 4.78 is 0. The molecule has 2 nitrogen and oxygen atoms in total. The highest BCUT2D eigenvalue weighted by molar-refractivity contribution is 5.10. The average Bonchev–Trinajstić information content (AvgIpc) is 1.86. The lowest BCUT2D eigenvalue weighted by atomic mass is 9.86. The molecule has 0 radical (unpaired) electrons. The third kappa shape index (κ3) is 2.80. The molecule has 12 heavy (non-hydrogen) atoms. The van der Waals surface area contributed by atoms with Crippen LogP contribution < -0.4 is 0 Å². The molecule has 0 amide bonds. The summed E-state index contributed by atoms with van der Waals surface area (Å²) in [4.78, 5) is 0. The van der Waals surface area contributed by atoms with Gasteiger partial charge in [0.05, 0.1) is 11.7 Å². The highest BCUT2D eigenvalue weighted by atomic mass is 16.3. The molecule has 0 aromatic rings. The zero-order chi connectivity index (χ0) is 9.94. The Hall–Kier alpha value is -0.600. The lowest BCUT2D eigenvalue weighted by Crippen LogP contribution is -2.41. The van der Waals surface area contributed by atoms with Crippen molar-refractivity contribution in [1.29, 1.82) is 0 Å². The van der Waals surface area contributed by atoms with Crippen LogP contribution in [0, 0.1) is 5.92 Å². The third-order valence-electron chi connectivity index (χ3n) is 1.89. The smallest absolute Gasteiger partial charge is 0.0920 e. The Labute approximate surface area is 74.2 Å². The lowest BCUT2D eigenvalue weighted by molar-refractivity contribution is -0.0611. The summed E-state index contributed by atoms with van der Waals surface area (Å²) in [5.74, 6) is -0.245. The molecule has 0 saturated carbocycles. The van der Waals surface area contributed by atoms with Gasteiger partial charge < -0.3 is 10.2 Å². The second kappa shape index (κ2) is 3.87. The van der Waals surface area contributed by atoms with Crippen LogP contribution in [-0.2, 0) is 0 Å². The summed E-state index contributed by atoms with van der Waals surface area (Å²) in [6, 6.07) is 0. The third-order valence-corrected chi connectivity index (χ3v) is 1.89. The monoisotopic (exact) mass is 170 g/mol. The molecular formula is C10H18O2. The number of rotatable bonds is 4. The quantitative estimate of drug-likeness (QED) is 0.628. The first-order chi connectivity index (χ1) is 5.30. The van der Waals surface area contributed by atoms with Gasteiger partial charge >= 0.3 is 0 Å². The van der Waals surface area contributed by atoms with Gasteiger partial charge in [-0.15, -0.1) is 6.58 Å². The van der Waals surface area contributed by atoms with E-state index in [0.29, 0.717) is 0 Å². The van der Waals surface area contributed by atoms with Crippen molar-refractivity contribution < 1.29 is 10.2 Å². The largest absolute Gasteiger partial charge is 0.389 e. The number of aliphatic hydroxyl groups is 2. The number of hydrogen-bond donors (Lipinski definition) is 2. The van der Waals surface area contributed by atoms with E-state index in [0.717, 1.165) is 5.57 Å². The Bertz CT molecular complexity index is 177. The van der Waals surface area contributed by atoms with Gasteiger partial charge in [0, 0.05) is 5.92 Å². The summed E-state index contributed by atoms with van der Waals surface area (Å²) in [6.07, 6.45) is 0.762. The predicted molar refractivity (Wildman–Crippen MR) is 50.8 cm³/mol. The molecule has 0 spiro atoms. The van der Waals surface area contributed by atoms with Gasteiger partial charge in [0.15, 0.2) is 0 Å². The molecule has 0 aromatic carbocycles. The molecule has 0 aliphatic carbocycles. The molecule has 2 N–H and O–H groups in total. The molecule has 0 rings (SSSR count). The van der Waals surface area contributed by atoms with Gasteiger partial charge in [0.25, 0.3) is 0 Å².